The van der Waals surface area contributed by atoms with Crippen molar-refractivity contribution in [2.45, 2.75) is 26.8 Å². The van der Waals surface area contributed by atoms with Crippen molar-refractivity contribution < 1.29 is 13.9 Å². The summed E-state index contributed by atoms with van der Waals surface area (Å²) in [7, 11) is 0. The van der Waals surface area contributed by atoms with Gasteiger partial charge in [-0.2, -0.15) is 0 Å². The van der Waals surface area contributed by atoms with Crippen molar-refractivity contribution in [3.63, 3.8) is 0 Å². The number of amides is 1. The van der Waals surface area contributed by atoms with Crippen LogP contribution in [0.1, 0.15) is 27.8 Å². The van der Waals surface area contributed by atoms with E-state index in [-0.39, 0.29) is 18.1 Å². The predicted octanol–water partition coefficient (Wildman–Crippen LogP) is 4.09. The molecule has 0 fully saturated rings. The number of carbonyl (C=O) groups is 1. The van der Waals surface area contributed by atoms with Gasteiger partial charge in [0.05, 0.1) is 5.39 Å². The fourth-order valence-electron chi connectivity index (χ4n) is 3.65. The number of pyridine rings is 1. The molecule has 0 saturated heterocycles. The summed E-state index contributed by atoms with van der Waals surface area (Å²) in [5.41, 5.74) is 4.33. The first-order valence-corrected chi connectivity index (χ1v) is 10.4. The number of benzene rings is 2. The molecule has 6 heteroatoms. The Balaban J connectivity index is 1.58. The third-order valence-corrected chi connectivity index (χ3v) is 5.31. The molecular formula is C26H24N2O4. The van der Waals surface area contributed by atoms with E-state index in [1.54, 1.807) is 12.4 Å². The fraction of sp³-hybridized carbons (Fsp3) is 0.192. The van der Waals surface area contributed by atoms with E-state index in [9.17, 15) is 9.59 Å². The molecule has 4 rings (SSSR count). The van der Waals surface area contributed by atoms with Gasteiger partial charge in [-0.1, -0.05) is 30.3 Å². The van der Waals surface area contributed by atoms with Crippen LogP contribution in [-0.2, 0) is 17.8 Å². The van der Waals surface area contributed by atoms with E-state index < -0.39 is 0 Å². The Hall–Kier alpha value is -3.93. The van der Waals surface area contributed by atoms with Crippen LogP contribution in [0.3, 0.4) is 0 Å². The molecule has 2 aromatic carbocycles. The van der Waals surface area contributed by atoms with Gasteiger partial charge in [-0.25, -0.2) is 4.79 Å². The first kappa shape index (κ1) is 21.3. The van der Waals surface area contributed by atoms with Crippen molar-refractivity contribution in [1.82, 2.24) is 10.3 Å². The third-order valence-electron chi connectivity index (χ3n) is 5.31. The van der Waals surface area contributed by atoms with Crippen LogP contribution in [0.4, 0.5) is 0 Å². The lowest BCUT2D eigenvalue weighted by atomic mass is 9.98. The van der Waals surface area contributed by atoms with Crippen LogP contribution >= 0.6 is 0 Å². The molecule has 162 valence electrons. The molecule has 0 spiro atoms. The SMILES string of the molecule is Cc1cc(OCC(=O)NCc2ccncc2)c2c(C)c(Cc3ccccc3)c(=O)oc2c1. The second-order valence-electron chi connectivity index (χ2n) is 7.71. The molecule has 0 aliphatic rings. The zero-order chi connectivity index (χ0) is 22.5. The molecule has 0 bridgehead atoms. The maximum Gasteiger partial charge on any atom is 0.340 e. The maximum atomic E-state index is 12.7. The van der Waals surface area contributed by atoms with Crippen LogP contribution in [0.5, 0.6) is 5.75 Å². The molecule has 2 heterocycles. The summed E-state index contributed by atoms with van der Waals surface area (Å²) >= 11 is 0. The molecule has 2 aromatic heterocycles. The first-order chi connectivity index (χ1) is 15.5. The van der Waals surface area contributed by atoms with Gasteiger partial charge >= 0.3 is 5.63 Å². The Morgan fingerprint density at radius 2 is 1.78 bits per heavy atom. The number of aromatic nitrogens is 1. The Morgan fingerprint density at radius 1 is 1.03 bits per heavy atom. The van der Waals surface area contributed by atoms with E-state index in [1.807, 2.05) is 68.4 Å². The predicted molar refractivity (Wildman–Crippen MR) is 123 cm³/mol. The topological polar surface area (TPSA) is 81.4 Å². The smallest absolute Gasteiger partial charge is 0.340 e. The minimum absolute atomic E-state index is 0.143. The van der Waals surface area contributed by atoms with Gasteiger partial charge in [0.2, 0.25) is 0 Å². The standard InChI is InChI=1S/C26H24N2O4/c1-17-12-22(31-16-24(29)28-15-20-8-10-27-11-9-20)25-18(2)21(26(30)32-23(25)13-17)14-19-6-4-3-5-7-19/h3-13H,14-16H2,1-2H3,(H,28,29). The summed E-state index contributed by atoms with van der Waals surface area (Å²) in [5, 5.41) is 3.55. The van der Waals surface area contributed by atoms with Crippen LogP contribution in [0.15, 0.2) is 76.2 Å². The van der Waals surface area contributed by atoms with Gasteiger partial charge in [-0.05, 0) is 60.4 Å². The van der Waals surface area contributed by atoms with Gasteiger partial charge in [0, 0.05) is 30.9 Å². The van der Waals surface area contributed by atoms with Gasteiger partial charge in [0.15, 0.2) is 6.61 Å². The van der Waals surface area contributed by atoms with E-state index >= 15 is 0 Å². The molecule has 32 heavy (non-hydrogen) atoms. The number of fused-ring (bicyclic) bond motifs is 1. The molecule has 0 unspecified atom stereocenters. The highest BCUT2D eigenvalue weighted by molar-refractivity contribution is 5.89. The molecule has 1 N–H and O–H groups in total. The van der Waals surface area contributed by atoms with Gasteiger partial charge in [-0.15, -0.1) is 0 Å². The van der Waals surface area contributed by atoms with Crippen LogP contribution in [0.25, 0.3) is 11.0 Å². The van der Waals surface area contributed by atoms with Crippen molar-refractivity contribution in [2.75, 3.05) is 6.61 Å². The number of rotatable bonds is 7. The highest BCUT2D eigenvalue weighted by Gasteiger charge is 2.17. The van der Waals surface area contributed by atoms with E-state index in [2.05, 4.69) is 10.3 Å². The monoisotopic (exact) mass is 428 g/mol. The number of hydrogen-bond acceptors (Lipinski definition) is 5. The maximum absolute atomic E-state index is 12.7. The number of hydrogen-bond donors (Lipinski definition) is 1. The average molecular weight is 428 g/mol. The molecule has 0 saturated carbocycles. The lowest BCUT2D eigenvalue weighted by Crippen LogP contribution is -2.28. The fourth-order valence-corrected chi connectivity index (χ4v) is 3.65. The number of nitrogens with one attached hydrogen (secondary N) is 1. The summed E-state index contributed by atoms with van der Waals surface area (Å²) < 4.78 is 11.5. The number of carbonyl (C=O) groups excluding carboxylic acids is 1. The van der Waals surface area contributed by atoms with Crippen molar-refractivity contribution in [3.05, 3.63) is 105 Å². The zero-order valence-corrected chi connectivity index (χ0v) is 18.1. The van der Waals surface area contributed by atoms with Gasteiger partial charge in [0.1, 0.15) is 11.3 Å². The molecule has 4 aromatic rings. The zero-order valence-electron chi connectivity index (χ0n) is 18.1. The van der Waals surface area contributed by atoms with E-state index in [0.717, 1.165) is 22.3 Å². The largest absolute Gasteiger partial charge is 0.483 e. The van der Waals surface area contributed by atoms with Crippen molar-refractivity contribution in [3.8, 4) is 5.75 Å². The summed E-state index contributed by atoms with van der Waals surface area (Å²) in [6, 6.07) is 17.1. The molecule has 0 aliphatic carbocycles. The molecule has 6 nitrogen and oxygen atoms in total. The second kappa shape index (κ2) is 9.47. The normalized spacial score (nSPS) is 10.8. The Bertz CT molecular complexity index is 1300. The molecule has 0 radical (unpaired) electrons. The van der Waals surface area contributed by atoms with Crippen LogP contribution < -0.4 is 15.7 Å². The Morgan fingerprint density at radius 3 is 2.53 bits per heavy atom. The summed E-state index contributed by atoms with van der Waals surface area (Å²) in [4.78, 5) is 29.0. The molecule has 1 amide bonds. The van der Waals surface area contributed by atoms with Crippen molar-refractivity contribution in [1.29, 1.82) is 0 Å². The minimum Gasteiger partial charge on any atom is -0.483 e. The van der Waals surface area contributed by atoms with Gasteiger partial charge < -0.3 is 14.5 Å². The summed E-state index contributed by atoms with van der Waals surface area (Å²) in [5.74, 6) is 0.283. The van der Waals surface area contributed by atoms with Gasteiger partial charge in [-0.3, -0.25) is 9.78 Å². The summed E-state index contributed by atoms with van der Waals surface area (Å²) in [6.07, 6.45) is 3.82. The van der Waals surface area contributed by atoms with Crippen LogP contribution in [0.2, 0.25) is 0 Å². The number of aryl methyl sites for hydroxylation is 2. The third kappa shape index (κ3) is 4.86. The van der Waals surface area contributed by atoms with Crippen LogP contribution in [0, 0.1) is 13.8 Å². The first-order valence-electron chi connectivity index (χ1n) is 10.4. The van der Waals surface area contributed by atoms with Crippen molar-refractivity contribution in [2.24, 2.45) is 0 Å². The lowest BCUT2D eigenvalue weighted by Gasteiger charge is -2.14. The second-order valence-corrected chi connectivity index (χ2v) is 7.71. The Labute approximate surface area is 185 Å². The van der Waals surface area contributed by atoms with Crippen molar-refractivity contribution >= 4 is 16.9 Å². The Kier molecular flexibility index (Phi) is 6.31. The van der Waals surface area contributed by atoms with Gasteiger partial charge in [0.25, 0.3) is 5.91 Å². The quantitative estimate of drug-likeness (QED) is 0.449. The minimum atomic E-state index is -0.356. The van der Waals surface area contributed by atoms with E-state index in [0.29, 0.717) is 35.2 Å². The van der Waals surface area contributed by atoms with E-state index in [1.165, 1.54) is 0 Å². The number of nitrogens with zero attached hydrogens (tertiary/aromatic N) is 1. The average Bonchev–Trinajstić information content (AvgIpc) is 2.80. The lowest BCUT2D eigenvalue weighted by molar-refractivity contribution is -0.123. The molecule has 0 atom stereocenters. The highest BCUT2D eigenvalue weighted by Crippen LogP contribution is 2.31. The van der Waals surface area contributed by atoms with E-state index in [4.69, 9.17) is 9.15 Å². The summed E-state index contributed by atoms with van der Waals surface area (Å²) in [6.45, 7) is 4.04. The molecule has 0 aliphatic heterocycles. The number of ether oxygens (including phenoxy) is 1. The van der Waals surface area contributed by atoms with Crippen LogP contribution in [-0.4, -0.2) is 17.5 Å². The molecular weight excluding hydrogens is 404 g/mol. The highest BCUT2D eigenvalue weighted by atomic mass is 16.5.